The number of hydrogen-bond acceptors (Lipinski definition) is 5. The fourth-order valence-electron chi connectivity index (χ4n) is 2.12. The molecule has 2 rings (SSSR count). The second kappa shape index (κ2) is 6.78. The fraction of sp³-hybridized carbons (Fsp3) is 0.400. The van der Waals surface area contributed by atoms with Crippen LogP contribution < -0.4 is 5.32 Å². The van der Waals surface area contributed by atoms with Crippen molar-refractivity contribution in [3.8, 4) is 0 Å². The summed E-state index contributed by atoms with van der Waals surface area (Å²) in [5, 5.41) is 17.5. The number of hydrogen-bond donors (Lipinski definition) is 1. The minimum absolute atomic E-state index is 0.0744. The van der Waals surface area contributed by atoms with Gasteiger partial charge in [-0.3, -0.25) is 10.1 Å². The molecule has 1 unspecified atom stereocenters. The van der Waals surface area contributed by atoms with Gasteiger partial charge in [-0.15, -0.1) is 11.3 Å². The van der Waals surface area contributed by atoms with Crippen LogP contribution in [0.3, 0.4) is 0 Å². The molecule has 0 bridgehead atoms. The predicted molar refractivity (Wildman–Crippen MR) is 84.8 cm³/mol. The van der Waals surface area contributed by atoms with Crippen molar-refractivity contribution in [2.75, 3.05) is 6.54 Å². The van der Waals surface area contributed by atoms with Crippen LogP contribution in [0.4, 0.5) is 5.69 Å². The minimum atomic E-state index is -0.329. The third kappa shape index (κ3) is 4.09. The summed E-state index contributed by atoms with van der Waals surface area (Å²) in [6.07, 6.45) is 0.872. The van der Waals surface area contributed by atoms with E-state index < -0.39 is 0 Å². The average molecular weight is 305 g/mol. The Labute approximate surface area is 128 Å². The molecule has 0 aliphatic carbocycles. The molecule has 0 amide bonds. The van der Waals surface area contributed by atoms with Gasteiger partial charge in [0.2, 0.25) is 0 Å². The van der Waals surface area contributed by atoms with Crippen molar-refractivity contribution in [2.24, 2.45) is 0 Å². The van der Waals surface area contributed by atoms with E-state index >= 15 is 0 Å². The SMILES string of the molecule is Cc1csc(CCNC(C)c2ccc(C)c([N+](=O)[O-])c2)n1. The lowest BCUT2D eigenvalue weighted by atomic mass is 10.0. The first kappa shape index (κ1) is 15.6. The third-order valence-electron chi connectivity index (χ3n) is 3.39. The Hall–Kier alpha value is -1.79. The number of nitrogens with zero attached hydrogens (tertiary/aromatic N) is 2. The average Bonchev–Trinajstić information content (AvgIpc) is 2.84. The van der Waals surface area contributed by atoms with E-state index in [2.05, 4.69) is 10.3 Å². The van der Waals surface area contributed by atoms with E-state index in [1.807, 2.05) is 25.3 Å². The molecule has 6 heteroatoms. The molecule has 0 saturated carbocycles. The highest BCUT2D eigenvalue weighted by Gasteiger charge is 2.14. The molecule has 0 fully saturated rings. The maximum atomic E-state index is 11.0. The maximum Gasteiger partial charge on any atom is 0.272 e. The second-order valence-corrected chi connectivity index (χ2v) is 6.05. The number of benzene rings is 1. The van der Waals surface area contributed by atoms with E-state index in [1.165, 1.54) is 0 Å². The van der Waals surface area contributed by atoms with Gasteiger partial charge in [-0.25, -0.2) is 4.98 Å². The standard InChI is InChI=1S/C15H19N3O2S/c1-10-4-5-13(8-14(10)18(19)20)12(3)16-7-6-15-17-11(2)9-21-15/h4-5,8-9,12,16H,6-7H2,1-3H3. The molecule has 2 aromatic rings. The van der Waals surface area contributed by atoms with Crippen LogP contribution >= 0.6 is 11.3 Å². The largest absolute Gasteiger partial charge is 0.310 e. The monoisotopic (exact) mass is 305 g/mol. The summed E-state index contributed by atoms with van der Waals surface area (Å²) in [4.78, 5) is 15.1. The molecule has 1 heterocycles. The summed E-state index contributed by atoms with van der Waals surface area (Å²) in [6.45, 7) is 6.56. The van der Waals surface area contributed by atoms with Crippen molar-refractivity contribution >= 4 is 17.0 Å². The summed E-state index contributed by atoms with van der Waals surface area (Å²) in [5.74, 6) is 0. The maximum absolute atomic E-state index is 11.0. The quantitative estimate of drug-likeness (QED) is 0.654. The molecule has 1 N–H and O–H groups in total. The van der Waals surface area contributed by atoms with Crippen molar-refractivity contribution in [1.29, 1.82) is 0 Å². The first-order chi connectivity index (χ1) is 9.97. The number of aromatic nitrogens is 1. The first-order valence-electron chi connectivity index (χ1n) is 6.86. The van der Waals surface area contributed by atoms with Crippen LogP contribution in [-0.4, -0.2) is 16.5 Å². The van der Waals surface area contributed by atoms with Gasteiger partial charge in [-0.2, -0.15) is 0 Å². The Balaban J connectivity index is 1.95. The minimum Gasteiger partial charge on any atom is -0.310 e. The van der Waals surface area contributed by atoms with Gasteiger partial charge >= 0.3 is 0 Å². The second-order valence-electron chi connectivity index (χ2n) is 5.11. The van der Waals surface area contributed by atoms with Gasteiger partial charge < -0.3 is 5.32 Å². The Kier molecular flexibility index (Phi) is 5.03. The van der Waals surface area contributed by atoms with Crippen LogP contribution in [0.15, 0.2) is 23.6 Å². The van der Waals surface area contributed by atoms with Crippen molar-refractivity contribution in [1.82, 2.24) is 10.3 Å². The van der Waals surface area contributed by atoms with Crippen LogP contribution in [0, 0.1) is 24.0 Å². The third-order valence-corrected chi connectivity index (χ3v) is 4.41. The van der Waals surface area contributed by atoms with E-state index in [0.717, 1.165) is 29.2 Å². The highest BCUT2D eigenvalue weighted by molar-refractivity contribution is 7.09. The van der Waals surface area contributed by atoms with Crippen molar-refractivity contribution in [2.45, 2.75) is 33.2 Å². The van der Waals surface area contributed by atoms with Gasteiger partial charge in [0.15, 0.2) is 0 Å². The molecule has 0 saturated heterocycles. The van der Waals surface area contributed by atoms with Crippen LogP contribution in [-0.2, 0) is 6.42 Å². The normalized spacial score (nSPS) is 12.3. The molecule has 1 aromatic carbocycles. The molecule has 0 spiro atoms. The van der Waals surface area contributed by atoms with Gasteiger partial charge in [0.25, 0.3) is 5.69 Å². The molecule has 21 heavy (non-hydrogen) atoms. The Bertz CT molecular complexity index is 640. The molecular formula is C15H19N3O2S. The van der Waals surface area contributed by atoms with Gasteiger partial charge in [-0.1, -0.05) is 12.1 Å². The summed E-state index contributed by atoms with van der Waals surface area (Å²) in [5.41, 5.74) is 2.85. The van der Waals surface area contributed by atoms with Crippen molar-refractivity contribution in [3.05, 3.63) is 55.5 Å². The Morgan fingerprint density at radius 3 is 2.81 bits per heavy atom. The van der Waals surface area contributed by atoms with E-state index in [1.54, 1.807) is 30.4 Å². The number of nitrogens with one attached hydrogen (secondary N) is 1. The van der Waals surface area contributed by atoms with Crippen LogP contribution in [0.5, 0.6) is 0 Å². The number of nitro benzene ring substituents is 1. The lowest BCUT2D eigenvalue weighted by molar-refractivity contribution is -0.385. The molecule has 1 atom stereocenters. The van der Waals surface area contributed by atoms with E-state index in [-0.39, 0.29) is 16.7 Å². The molecule has 112 valence electrons. The molecular weight excluding hydrogens is 286 g/mol. The summed E-state index contributed by atoms with van der Waals surface area (Å²) < 4.78 is 0. The van der Waals surface area contributed by atoms with Gasteiger partial charge in [0.1, 0.15) is 0 Å². The summed E-state index contributed by atoms with van der Waals surface area (Å²) in [7, 11) is 0. The number of aryl methyl sites for hydroxylation is 2. The molecule has 5 nitrogen and oxygen atoms in total. The smallest absolute Gasteiger partial charge is 0.272 e. The zero-order valence-electron chi connectivity index (χ0n) is 12.4. The van der Waals surface area contributed by atoms with Gasteiger partial charge in [-0.05, 0) is 26.3 Å². The van der Waals surface area contributed by atoms with E-state index in [0.29, 0.717) is 5.56 Å². The van der Waals surface area contributed by atoms with Gasteiger partial charge in [0, 0.05) is 41.7 Å². The lowest BCUT2D eigenvalue weighted by Crippen LogP contribution is -2.21. The van der Waals surface area contributed by atoms with E-state index in [4.69, 9.17) is 0 Å². The number of thiazole rings is 1. The molecule has 1 aromatic heterocycles. The fourth-order valence-corrected chi connectivity index (χ4v) is 2.90. The lowest BCUT2D eigenvalue weighted by Gasteiger charge is -2.14. The molecule has 0 radical (unpaired) electrons. The van der Waals surface area contributed by atoms with Crippen LogP contribution in [0.1, 0.15) is 34.8 Å². The zero-order valence-corrected chi connectivity index (χ0v) is 13.2. The van der Waals surface area contributed by atoms with Crippen LogP contribution in [0.25, 0.3) is 0 Å². The molecule has 0 aliphatic heterocycles. The first-order valence-corrected chi connectivity index (χ1v) is 7.74. The highest BCUT2D eigenvalue weighted by atomic mass is 32.1. The Morgan fingerprint density at radius 1 is 1.43 bits per heavy atom. The summed E-state index contributed by atoms with van der Waals surface area (Å²) >= 11 is 1.66. The van der Waals surface area contributed by atoms with E-state index in [9.17, 15) is 10.1 Å². The van der Waals surface area contributed by atoms with Crippen molar-refractivity contribution in [3.63, 3.8) is 0 Å². The number of rotatable bonds is 6. The topological polar surface area (TPSA) is 68.1 Å². The van der Waals surface area contributed by atoms with Gasteiger partial charge in [0.05, 0.1) is 9.93 Å². The number of nitro groups is 1. The Morgan fingerprint density at radius 2 is 2.19 bits per heavy atom. The predicted octanol–water partition coefficient (Wildman–Crippen LogP) is 3.56. The van der Waals surface area contributed by atoms with Crippen LogP contribution in [0.2, 0.25) is 0 Å². The zero-order chi connectivity index (χ0) is 15.4. The van der Waals surface area contributed by atoms with Crippen molar-refractivity contribution < 1.29 is 4.92 Å². The summed E-state index contributed by atoms with van der Waals surface area (Å²) in [6, 6.07) is 5.47. The highest BCUT2D eigenvalue weighted by Crippen LogP contribution is 2.23. The molecule has 0 aliphatic rings.